The first-order chi connectivity index (χ1) is 57.1. The zero-order valence-electron chi connectivity index (χ0n) is 86.5. The molecule has 0 aliphatic heterocycles. The van der Waals surface area contributed by atoms with Gasteiger partial charge in [-0.3, -0.25) is 34.6 Å². The van der Waals surface area contributed by atoms with Crippen LogP contribution in [0.4, 0.5) is 17.6 Å². The van der Waals surface area contributed by atoms with Crippen molar-refractivity contribution in [1.29, 1.82) is 0 Å². The molecule has 0 unspecified atom stereocenters. The summed E-state index contributed by atoms with van der Waals surface area (Å²) in [6, 6.07) is 26.4. The molecule has 0 aliphatic carbocycles. The molecule has 0 fully saturated rings. The topological polar surface area (TPSA) is 225 Å². The van der Waals surface area contributed by atoms with Crippen molar-refractivity contribution in [3.8, 4) is 0 Å². The molecule has 0 N–H and O–H groups in total. The lowest BCUT2D eigenvalue weighted by molar-refractivity contribution is -0.141. The van der Waals surface area contributed by atoms with E-state index >= 15 is 0 Å². The molecule has 0 amide bonds. The largest absolute Gasteiger partial charge is 0.448 e. The molecule has 0 radical (unpaired) electrons. The molecule has 0 aromatic carbocycles. The van der Waals surface area contributed by atoms with Crippen LogP contribution in [0.2, 0.25) is 5.02 Å². The number of nitrogens with zero attached hydrogens (tertiary/aromatic N) is 16. The molecule has 0 saturated carbocycles. The van der Waals surface area contributed by atoms with E-state index in [0.717, 1.165) is 91.3 Å². The van der Waals surface area contributed by atoms with Crippen LogP contribution >= 0.6 is 11.6 Å². The van der Waals surface area contributed by atoms with Gasteiger partial charge in [0.1, 0.15) is 29.4 Å². The van der Waals surface area contributed by atoms with Crippen molar-refractivity contribution in [2.75, 3.05) is 0 Å². The lowest BCUT2D eigenvalue weighted by atomic mass is 9.88. The lowest BCUT2D eigenvalue weighted by Gasteiger charge is -2.20. The van der Waals surface area contributed by atoms with Crippen LogP contribution in [0, 0.1) is 75.0 Å². The summed E-state index contributed by atoms with van der Waals surface area (Å²) >= 11 is 5.87. The Balaban J connectivity index is 0.000000700. The summed E-state index contributed by atoms with van der Waals surface area (Å²) in [6.45, 7) is 84.0. The number of aromatic nitrogens is 16. The van der Waals surface area contributed by atoms with E-state index in [0.29, 0.717) is 23.1 Å². The Kier molecular flexibility index (Phi) is 40.2. The number of hydrogen-bond acceptors (Lipinski definition) is 17. The van der Waals surface area contributed by atoms with Crippen molar-refractivity contribution in [2.24, 2.45) is 7.05 Å². The fourth-order valence-electron chi connectivity index (χ4n) is 9.80. The highest BCUT2D eigenvalue weighted by atomic mass is 35.5. The first-order valence-corrected chi connectivity index (χ1v) is 42.4. The molecule has 11 aromatic rings. The van der Waals surface area contributed by atoms with E-state index in [2.05, 4.69) is 266 Å². The normalized spacial score (nSPS) is 12.4. The molecule has 23 heteroatoms. The number of halogens is 5. The fraction of sp³-hybridized carbons (Fsp3) is 0.554. The van der Waals surface area contributed by atoms with Crippen molar-refractivity contribution in [3.63, 3.8) is 0 Å². The van der Waals surface area contributed by atoms with Gasteiger partial charge in [-0.1, -0.05) is 263 Å². The molecule has 11 rings (SSSR count). The van der Waals surface area contributed by atoms with Crippen LogP contribution in [-0.4, -0.2) is 79.7 Å². The third-order valence-corrected chi connectivity index (χ3v) is 17.7. The maximum atomic E-state index is 12.8. The third-order valence-electron chi connectivity index (χ3n) is 17.3. The monoisotopic (exact) mass is 1740 g/mol. The lowest BCUT2D eigenvalue weighted by Crippen LogP contribution is -2.17. The predicted molar refractivity (Wildman–Crippen MR) is 504 cm³/mol. The van der Waals surface area contributed by atoms with Gasteiger partial charge >= 0.3 is 6.18 Å². The van der Waals surface area contributed by atoms with Gasteiger partial charge in [0.25, 0.3) is 0 Å². The smallest absolute Gasteiger partial charge is 0.433 e. The second-order valence-electron chi connectivity index (χ2n) is 42.1. The number of alkyl halides is 3. The molecule has 0 saturated heterocycles. The SMILES string of the molecule is CC(C)(C)c1cccc(C(F)(F)F)n1.Cc1ccc(C)c(C(C)(C)C)n1.Cc1ccnc(C(C)(C)C)n1.Cc1cncc(C(C)(C)C)n1.Cc1coc(C(C)(C)C)n1.Cc1nc(C(C)(C)C)ccc1Cl.Cc1nc(C(C)(C)C)ccc1F.Cc1nccc(C(C)(C)C)n1.Cc1noc(C(C)(C)C)n1.Cn1ccc(C(C)(C)C)n1.[2H]C([2H])([2H])c1cccc(C(C)(C)C)n1. The van der Waals surface area contributed by atoms with Gasteiger partial charge in [-0.2, -0.15) is 23.3 Å². The van der Waals surface area contributed by atoms with Gasteiger partial charge in [0.15, 0.2) is 11.7 Å². The summed E-state index contributed by atoms with van der Waals surface area (Å²) in [4.78, 5) is 54.6. The molecular weight excluding hydrogens is 1580 g/mol. The van der Waals surface area contributed by atoms with Crippen LogP contribution < -0.4 is 0 Å². The number of rotatable bonds is 0. The van der Waals surface area contributed by atoms with E-state index in [1.54, 1.807) is 43.6 Å². The molecule has 18 nitrogen and oxygen atoms in total. The Labute approximate surface area is 753 Å². The summed E-state index contributed by atoms with van der Waals surface area (Å²) in [6.07, 6.45) is 6.51. The number of pyridine rings is 5. The minimum absolute atomic E-state index is 0.00153. The summed E-state index contributed by atoms with van der Waals surface area (Å²) in [5.74, 6) is 3.73. The van der Waals surface area contributed by atoms with Crippen molar-refractivity contribution < 1.29 is 30.6 Å². The highest BCUT2D eigenvalue weighted by Gasteiger charge is 2.34. The maximum Gasteiger partial charge on any atom is 0.433 e. The molecule has 11 heterocycles. The van der Waals surface area contributed by atoms with Gasteiger partial charge in [0.05, 0.1) is 39.2 Å². The molecule has 684 valence electrons. The summed E-state index contributed by atoms with van der Waals surface area (Å²) < 4.78 is 83.5. The van der Waals surface area contributed by atoms with Gasteiger partial charge in [-0.05, 0) is 148 Å². The molecule has 0 spiro atoms. The Bertz CT molecular complexity index is 4690. The molecule has 124 heavy (non-hydrogen) atoms. The van der Waals surface area contributed by atoms with Gasteiger partial charge in [-0.25, -0.2) is 34.3 Å². The van der Waals surface area contributed by atoms with Gasteiger partial charge in [-0.15, -0.1) is 0 Å². The highest BCUT2D eigenvalue weighted by molar-refractivity contribution is 6.31. The highest BCUT2D eigenvalue weighted by Crippen LogP contribution is 2.32. The van der Waals surface area contributed by atoms with Crippen LogP contribution in [0.5, 0.6) is 0 Å². The molecule has 0 atom stereocenters. The molecule has 0 bridgehead atoms. The van der Waals surface area contributed by atoms with Crippen molar-refractivity contribution in [1.82, 2.24) is 79.7 Å². The van der Waals surface area contributed by atoms with E-state index in [4.69, 9.17) is 24.7 Å². The summed E-state index contributed by atoms with van der Waals surface area (Å²) in [5.41, 5.74) is 14.2. The summed E-state index contributed by atoms with van der Waals surface area (Å²) in [5, 5.41) is 8.73. The van der Waals surface area contributed by atoms with Crippen molar-refractivity contribution in [2.45, 2.75) is 363 Å². The van der Waals surface area contributed by atoms with Crippen molar-refractivity contribution in [3.05, 3.63) is 265 Å². The van der Waals surface area contributed by atoms with Gasteiger partial charge in [0, 0.05) is 153 Å². The van der Waals surface area contributed by atoms with Crippen LogP contribution in [0.3, 0.4) is 0 Å². The minimum atomic E-state index is -4.36. The first kappa shape index (κ1) is 107. The van der Waals surface area contributed by atoms with Gasteiger partial charge < -0.3 is 8.94 Å². The first-order valence-electron chi connectivity index (χ1n) is 43.5. The average Bonchev–Trinajstić information content (AvgIpc) is 1.61. The molecular formula is C101H153ClF4N16O2. The minimum Gasteiger partial charge on any atom is -0.448 e. The van der Waals surface area contributed by atoms with E-state index in [1.165, 1.54) is 23.4 Å². The second-order valence-corrected chi connectivity index (χ2v) is 42.5. The van der Waals surface area contributed by atoms with E-state index < -0.39 is 18.7 Å². The van der Waals surface area contributed by atoms with E-state index in [-0.39, 0.29) is 71.1 Å². The Morgan fingerprint density at radius 3 is 1.16 bits per heavy atom. The quantitative estimate of drug-likeness (QED) is 0.129. The average molecular weight is 1740 g/mol. The third kappa shape index (κ3) is 43.9. The Hall–Kier alpha value is -9.44. The standard InChI is InChI=1S/C11H17N.C10H14ClN.C10H12F3N.C10H14FN.C10H15N.3C9H14N2.C8H14N2.C8H13NO.C7H12N2O/c1-8-6-7-9(2)12-10(8)11(3,4)5;1-7-8(11)5-6-9(12-7)10(2,3)4;1-9(2,3)7-5-4-6-8(14-7)10(11,12)13;1-7-8(11)5-6-9(12-7)10(2,3)4;1-8-6-5-7-9(11-8)10(2,3)4;1-7-5-10-6-8(11-7)9(2,3)4;1-7-10-6-5-8(11-7)9(2,3)4;1-7-5-6-10-8(11-7)9(2,3)4;1-8(2,3)7-5-6-10(4)9-7;1-6-5-10-7(9-6)8(2,3)4;1-5-8-6(10-9-5)7(2,3)4/h6-7H,1-5H3;5-6H,1-4H3;4-6H,1-3H3;5-6H,1-4H3;5-7H,1-4H3;3*5-6H,1-4H3;5-6H,1-4H3;5H,1-4H3;1-4H3/i;;;;1D3;;;;;;. The number of aryl methyl sites for hydroxylation is 11. The van der Waals surface area contributed by atoms with Gasteiger partial charge in [0.2, 0.25) is 5.89 Å². The fourth-order valence-corrected chi connectivity index (χ4v) is 9.90. The number of oxazole rings is 1. The number of hydrogen-bond donors (Lipinski definition) is 0. The van der Waals surface area contributed by atoms with Crippen LogP contribution in [0.1, 0.15) is 359 Å². The van der Waals surface area contributed by atoms with Crippen LogP contribution in [0.15, 0.2) is 137 Å². The van der Waals surface area contributed by atoms with Crippen molar-refractivity contribution >= 4 is 11.6 Å². The maximum absolute atomic E-state index is 12.8. The molecule has 11 aromatic heterocycles. The predicted octanol–water partition coefficient (Wildman–Crippen LogP) is 27.2. The van der Waals surface area contributed by atoms with E-state index in [1.807, 2.05) is 178 Å². The van der Waals surface area contributed by atoms with E-state index in [9.17, 15) is 17.6 Å². The zero-order chi connectivity index (χ0) is 98.8. The second kappa shape index (κ2) is 46.7. The molecule has 0 aliphatic rings. The Morgan fingerprint density at radius 2 is 0.815 bits per heavy atom. The van der Waals surface area contributed by atoms with Crippen LogP contribution in [0.25, 0.3) is 0 Å². The summed E-state index contributed by atoms with van der Waals surface area (Å²) in [7, 11) is 1.94. The Morgan fingerprint density at radius 1 is 0.355 bits per heavy atom. The van der Waals surface area contributed by atoms with Crippen LogP contribution in [-0.2, 0) is 72.8 Å². The zero-order valence-corrected chi connectivity index (χ0v) is 84.2.